The van der Waals surface area contributed by atoms with Crippen LogP contribution in [-0.2, 0) is 19.6 Å². The first-order valence-corrected chi connectivity index (χ1v) is 13.0. The van der Waals surface area contributed by atoms with Crippen molar-refractivity contribution in [3.63, 3.8) is 0 Å². The molecule has 9 heteroatoms. The van der Waals surface area contributed by atoms with Gasteiger partial charge in [-0.1, -0.05) is 48.5 Å². The van der Waals surface area contributed by atoms with Crippen LogP contribution >= 0.6 is 0 Å². The predicted molar refractivity (Wildman–Crippen MR) is 141 cm³/mol. The number of ether oxygens (including phenoxy) is 1. The molecule has 2 N–H and O–H groups in total. The van der Waals surface area contributed by atoms with Crippen LogP contribution in [-0.4, -0.2) is 37.7 Å². The topological polar surface area (TPSA) is 110 Å². The predicted octanol–water partition coefficient (Wildman–Crippen LogP) is 4.81. The molecule has 4 rings (SSSR count). The Balaban J connectivity index is 1.74. The quantitative estimate of drug-likeness (QED) is 0.331. The summed E-state index contributed by atoms with van der Waals surface area (Å²) < 4.78 is 33.1. The fourth-order valence-corrected chi connectivity index (χ4v) is 5.13. The summed E-state index contributed by atoms with van der Waals surface area (Å²) in [4.78, 5) is 11.7. The van der Waals surface area contributed by atoms with Crippen molar-refractivity contribution in [2.45, 2.75) is 32.6 Å². The van der Waals surface area contributed by atoms with Crippen LogP contribution in [0.3, 0.4) is 0 Å². The van der Waals surface area contributed by atoms with Crippen molar-refractivity contribution in [3.05, 3.63) is 77.4 Å². The summed E-state index contributed by atoms with van der Waals surface area (Å²) in [6.07, 6.45) is 0. The summed E-state index contributed by atoms with van der Waals surface area (Å²) in [6, 6.07) is 18.9. The first kappa shape index (κ1) is 25.3. The molecule has 0 aliphatic heterocycles. The van der Waals surface area contributed by atoms with Crippen molar-refractivity contribution in [2.75, 3.05) is 18.5 Å². The van der Waals surface area contributed by atoms with Crippen LogP contribution in [0.5, 0.6) is 0 Å². The summed E-state index contributed by atoms with van der Waals surface area (Å²) in [6.45, 7) is 7.15. The number of benzene rings is 3. The maximum absolute atomic E-state index is 13.0. The van der Waals surface area contributed by atoms with E-state index < -0.39 is 22.5 Å². The molecule has 1 aromatic heterocycles. The third-order valence-electron chi connectivity index (χ3n) is 5.80. The van der Waals surface area contributed by atoms with E-state index in [2.05, 4.69) is 32.4 Å². The minimum Gasteiger partial charge on any atom is -0.465 e. The van der Waals surface area contributed by atoms with E-state index in [0.717, 1.165) is 27.6 Å². The Morgan fingerprint density at radius 2 is 1.64 bits per heavy atom. The van der Waals surface area contributed by atoms with Crippen molar-refractivity contribution in [1.29, 1.82) is 0 Å². The van der Waals surface area contributed by atoms with Gasteiger partial charge in [-0.2, -0.15) is 4.72 Å². The molecular weight excluding hydrogens is 476 g/mol. The first-order valence-electron chi connectivity index (χ1n) is 11.6. The number of esters is 1. The summed E-state index contributed by atoms with van der Waals surface area (Å²) in [7, 11) is -3.96. The second-order valence-corrected chi connectivity index (χ2v) is 10.2. The lowest BCUT2D eigenvalue weighted by Crippen LogP contribution is -2.31. The first-order chi connectivity index (χ1) is 17.2. The Morgan fingerprint density at radius 1 is 0.917 bits per heavy atom. The van der Waals surface area contributed by atoms with Crippen LogP contribution in [0.1, 0.15) is 23.6 Å². The molecule has 36 heavy (non-hydrogen) atoms. The van der Waals surface area contributed by atoms with E-state index in [9.17, 15) is 13.2 Å². The number of hydrogen-bond donors (Lipinski definition) is 2. The number of hydrogen-bond acceptors (Lipinski definition) is 7. The minimum atomic E-state index is -3.96. The summed E-state index contributed by atoms with van der Waals surface area (Å²) >= 11 is 0. The number of sulfonamides is 1. The van der Waals surface area contributed by atoms with E-state index in [1.807, 2.05) is 50.2 Å². The van der Waals surface area contributed by atoms with Crippen molar-refractivity contribution in [3.8, 4) is 11.3 Å². The van der Waals surface area contributed by atoms with Crippen molar-refractivity contribution in [2.24, 2.45) is 0 Å². The molecule has 0 spiro atoms. The van der Waals surface area contributed by atoms with Gasteiger partial charge < -0.3 is 10.1 Å². The van der Waals surface area contributed by atoms with E-state index in [-0.39, 0.29) is 11.5 Å². The molecule has 0 saturated heterocycles. The van der Waals surface area contributed by atoms with Gasteiger partial charge in [-0.05, 0) is 56.5 Å². The largest absolute Gasteiger partial charge is 0.465 e. The molecule has 0 amide bonds. The zero-order valence-corrected chi connectivity index (χ0v) is 21.4. The smallest absolute Gasteiger partial charge is 0.321 e. The third-order valence-corrected chi connectivity index (χ3v) is 7.34. The lowest BCUT2D eigenvalue weighted by atomic mass is 10.0. The van der Waals surface area contributed by atoms with Gasteiger partial charge in [-0.15, -0.1) is 10.2 Å². The lowest BCUT2D eigenvalue weighted by molar-refractivity contribution is -0.141. The second kappa shape index (κ2) is 10.4. The van der Waals surface area contributed by atoms with Crippen LogP contribution in [0.25, 0.3) is 22.0 Å². The number of carbonyl (C=O) groups is 1. The molecule has 0 fully saturated rings. The van der Waals surface area contributed by atoms with Crippen LogP contribution < -0.4 is 10.0 Å². The number of carbonyl (C=O) groups excluding carboxylic acids is 1. The SMILES string of the molecule is CCOC(=O)CNS(=O)(=O)c1cc(-c2nnc(Nc3cc(C)ccc3C)c3ccccc23)ccc1C. The van der Waals surface area contributed by atoms with Gasteiger partial charge in [-0.25, -0.2) is 8.42 Å². The highest BCUT2D eigenvalue weighted by molar-refractivity contribution is 7.89. The number of nitrogens with one attached hydrogen (secondary N) is 2. The molecule has 1 heterocycles. The average Bonchev–Trinajstić information content (AvgIpc) is 2.86. The molecule has 0 saturated carbocycles. The van der Waals surface area contributed by atoms with E-state index in [1.165, 1.54) is 0 Å². The Bertz CT molecular complexity index is 1550. The van der Waals surface area contributed by atoms with Crippen LogP contribution in [0, 0.1) is 20.8 Å². The van der Waals surface area contributed by atoms with Gasteiger partial charge in [0, 0.05) is 22.0 Å². The number of rotatable bonds is 8. The lowest BCUT2D eigenvalue weighted by Gasteiger charge is -2.14. The highest BCUT2D eigenvalue weighted by Gasteiger charge is 2.21. The second-order valence-electron chi connectivity index (χ2n) is 8.50. The summed E-state index contributed by atoms with van der Waals surface area (Å²) in [5.74, 6) is -0.0298. The average molecular weight is 505 g/mol. The van der Waals surface area contributed by atoms with Crippen molar-refractivity contribution >= 4 is 38.3 Å². The Hall–Kier alpha value is -3.82. The van der Waals surface area contributed by atoms with Crippen LogP contribution in [0.2, 0.25) is 0 Å². The molecule has 3 aromatic carbocycles. The molecule has 8 nitrogen and oxygen atoms in total. The Kier molecular flexibility index (Phi) is 7.32. The molecule has 0 aliphatic rings. The van der Waals surface area contributed by atoms with Crippen molar-refractivity contribution < 1.29 is 17.9 Å². The van der Waals surface area contributed by atoms with Gasteiger partial charge in [0.25, 0.3) is 0 Å². The van der Waals surface area contributed by atoms with E-state index in [4.69, 9.17) is 4.74 Å². The number of aryl methyl sites for hydroxylation is 3. The van der Waals surface area contributed by atoms with Crippen molar-refractivity contribution in [1.82, 2.24) is 14.9 Å². The molecule has 0 atom stereocenters. The van der Waals surface area contributed by atoms with E-state index in [1.54, 1.807) is 26.0 Å². The zero-order valence-electron chi connectivity index (χ0n) is 20.6. The van der Waals surface area contributed by atoms with E-state index >= 15 is 0 Å². The third kappa shape index (κ3) is 5.37. The van der Waals surface area contributed by atoms with E-state index in [0.29, 0.717) is 22.6 Å². The highest BCUT2D eigenvalue weighted by Crippen LogP contribution is 2.33. The molecular formula is C27H28N4O4S. The Morgan fingerprint density at radius 3 is 2.39 bits per heavy atom. The van der Waals surface area contributed by atoms with Gasteiger partial charge in [0.1, 0.15) is 12.2 Å². The molecule has 186 valence electrons. The number of anilines is 2. The molecule has 0 radical (unpaired) electrons. The normalized spacial score (nSPS) is 11.4. The zero-order chi connectivity index (χ0) is 25.9. The van der Waals surface area contributed by atoms with Crippen LogP contribution in [0.4, 0.5) is 11.5 Å². The maximum atomic E-state index is 13.0. The fourth-order valence-electron chi connectivity index (χ4n) is 3.89. The number of aromatic nitrogens is 2. The molecule has 4 aromatic rings. The molecule has 0 unspecified atom stereocenters. The highest BCUT2D eigenvalue weighted by atomic mass is 32.2. The van der Waals surface area contributed by atoms with Gasteiger partial charge >= 0.3 is 5.97 Å². The minimum absolute atomic E-state index is 0.0627. The van der Waals surface area contributed by atoms with Crippen LogP contribution in [0.15, 0.2) is 65.6 Å². The van der Waals surface area contributed by atoms with Gasteiger partial charge in [0.15, 0.2) is 5.82 Å². The number of fused-ring (bicyclic) bond motifs is 1. The van der Waals surface area contributed by atoms with Gasteiger partial charge in [0.05, 0.1) is 11.5 Å². The van der Waals surface area contributed by atoms with Gasteiger partial charge in [-0.3, -0.25) is 4.79 Å². The standard InChI is InChI=1S/C27H28N4O4S/c1-5-35-25(32)16-28-36(33,34)24-15-20(13-12-19(24)4)26-21-8-6-7-9-22(21)27(31-30-26)29-23-14-17(2)10-11-18(23)3/h6-15,28H,5,16H2,1-4H3,(H,29,31). The molecule has 0 aliphatic carbocycles. The monoisotopic (exact) mass is 504 g/mol. The summed E-state index contributed by atoms with van der Waals surface area (Å²) in [5, 5.41) is 14.0. The molecule has 0 bridgehead atoms. The Labute approximate surface area is 210 Å². The number of nitrogens with zero attached hydrogens (tertiary/aromatic N) is 2. The summed E-state index contributed by atoms with van der Waals surface area (Å²) in [5.41, 5.74) is 4.85. The maximum Gasteiger partial charge on any atom is 0.321 e. The van der Waals surface area contributed by atoms with Gasteiger partial charge in [0.2, 0.25) is 10.0 Å². The fraction of sp³-hybridized carbons (Fsp3) is 0.222.